The van der Waals surface area contributed by atoms with E-state index in [1.807, 2.05) is 0 Å². The van der Waals surface area contributed by atoms with Crippen molar-refractivity contribution in [2.45, 2.75) is 0 Å². The third kappa shape index (κ3) is 7.77. The molecule has 13 aromatic rings. The van der Waals surface area contributed by atoms with Gasteiger partial charge in [0.25, 0.3) is 6.71 Å². The van der Waals surface area contributed by atoms with Crippen molar-refractivity contribution in [1.82, 2.24) is 0 Å². The number of para-hydroxylation sites is 11. The number of nitrogens with zero attached hydrogens (tertiary/aromatic N) is 7. The van der Waals surface area contributed by atoms with Crippen LogP contribution in [0.15, 0.2) is 328 Å². The highest BCUT2D eigenvalue weighted by atomic mass is 15.3. The first-order valence-corrected chi connectivity index (χ1v) is 29.5. The summed E-state index contributed by atoms with van der Waals surface area (Å²) in [6.07, 6.45) is 0. The summed E-state index contributed by atoms with van der Waals surface area (Å²) in [6, 6.07) is 120. The van der Waals surface area contributed by atoms with Crippen LogP contribution in [0.3, 0.4) is 0 Å². The molecule has 4 aliphatic heterocycles. The maximum absolute atomic E-state index is 2.57. The smallest absolute Gasteiger partial charge is 0.252 e. The standard InChI is InChI=1S/C78H54BN7/c1-9-29-55(30-10-1)80(56-31-11-2-12-32-56)63-49-73-77-74(50-63)84(61-41-21-7-22-42-61)70-54-72-71(53-66(70)79(77)65-45-25-26-46-67(65)82(73)59-37-17-5-18-38-59)86-69-48-28-27-47-68(69)83(60-39-19-6-20-40-60)75-51-64(52-76(78(75)86)85(72)62-43-23-8-24-44-62)81(57-33-13-3-14-34-57)58-35-15-4-16-36-58/h1-54H. The van der Waals surface area contributed by atoms with E-state index in [4.69, 9.17) is 0 Å². The predicted molar refractivity (Wildman–Crippen MR) is 361 cm³/mol. The van der Waals surface area contributed by atoms with Crippen LogP contribution in [-0.4, -0.2) is 6.71 Å². The molecule has 86 heavy (non-hydrogen) atoms. The normalized spacial score (nSPS) is 13.0. The first kappa shape index (κ1) is 49.2. The van der Waals surface area contributed by atoms with Crippen LogP contribution in [0, 0.1) is 0 Å². The van der Waals surface area contributed by atoms with Crippen molar-refractivity contribution >= 4 is 143 Å². The quantitative estimate of drug-likeness (QED) is 0.126. The summed E-state index contributed by atoms with van der Waals surface area (Å²) in [5.41, 5.74) is 26.4. The van der Waals surface area contributed by atoms with Gasteiger partial charge < -0.3 is 34.3 Å². The van der Waals surface area contributed by atoms with Crippen LogP contribution in [0.5, 0.6) is 0 Å². The highest BCUT2D eigenvalue weighted by Crippen LogP contribution is 2.65. The van der Waals surface area contributed by atoms with E-state index in [0.717, 1.165) is 119 Å². The van der Waals surface area contributed by atoms with Gasteiger partial charge in [0, 0.05) is 68.2 Å². The number of anilines is 21. The van der Waals surface area contributed by atoms with E-state index in [2.05, 4.69) is 362 Å². The van der Waals surface area contributed by atoms with Gasteiger partial charge in [-0.05, 0) is 168 Å². The van der Waals surface area contributed by atoms with E-state index in [-0.39, 0.29) is 6.71 Å². The van der Waals surface area contributed by atoms with Gasteiger partial charge in [0.2, 0.25) is 0 Å². The lowest BCUT2D eigenvalue weighted by Crippen LogP contribution is -2.61. The molecule has 0 aliphatic carbocycles. The second kappa shape index (κ2) is 20.2. The number of hydrogen-bond donors (Lipinski definition) is 0. The largest absolute Gasteiger partial charge is 0.311 e. The predicted octanol–water partition coefficient (Wildman–Crippen LogP) is 19.7. The van der Waals surface area contributed by atoms with Crippen LogP contribution in [0.1, 0.15) is 0 Å². The molecule has 0 atom stereocenters. The molecular weight excluding hydrogens is 1050 g/mol. The molecule has 0 fully saturated rings. The van der Waals surface area contributed by atoms with Crippen molar-refractivity contribution < 1.29 is 0 Å². The third-order valence-corrected chi connectivity index (χ3v) is 17.3. The lowest BCUT2D eigenvalue weighted by molar-refractivity contribution is 1.11. The summed E-state index contributed by atoms with van der Waals surface area (Å²) in [5, 5.41) is 0. The molecule has 4 heterocycles. The van der Waals surface area contributed by atoms with Gasteiger partial charge in [0.1, 0.15) is 0 Å². The second-order valence-electron chi connectivity index (χ2n) is 22.1. The highest BCUT2D eigenvalue weighted by Gasteiger charge is 2.47. The fourth-order valence-electron chi connectivity index (χ4n) is 13.8. The van der Waals surface area contributed by atoms with Gasteiger partial charge in [-0.25, -0.2) is 0 Å². The summed E-state index contributed by atoms with van der Waals surface area (Å²) >= 11 is 0. The Morgan fingerprint density at radius 1 is 0.198 bits per heavy atom. The molecule has 0 bridgehead atoms. The molecule has 4 aliphatic rings. The topological polar surface area (TPSA) is 22.7 Å². The van der Waals surface area contributed by atoms with Crippen molar-refractivity contribution in [2.75, 3.05) is 34.3 Å². The molecule has 0 saturated carbocycles. The third-order valence-electron chi connectivity index (χ3n) is 17.3. The molecule has 0 radical (unpaired) electrons. The molecule has 7 nitrogen and oxygen atoms in total. The summed E-state index contributed by atoms with van der Waals surface area (Å²) in [5.74, 6) is 0. The summed E-state index contributed by atoms with van der Waals surface area (Å²) in [7, 11) is 0. The first-order valence-electron chi connectivity index (χ1n) is 29.5. The Morgan fingerprint density at radius 3 is 0.919 bits per heavy atom. The molecule has 13 aromatic carbocycles. The minimum absolute atomic E-state index is 0.174. The molecule has 0 spiro atoms. The minimum Gasteiger partial charge on any atom is -0.311 e. The zero-order valence-corrected chi connectivity index (χ0v) is 46.9. The zero-order chi connectivity index (χ0) is 56.7. The van der Waals surface area contributed by atoms with Crippen molar-refractivity contribution in [3.63, 3.8) is 0 Å². The molecule has 0 N–H and O–H groups in total. The van der Waals surface area contributed by atoms with Gasteiger partial charge >= 0.3 is 0 Å². The Labute approximate surface area is 501 Å². The van der Waals surface area contributed by atoms with E-state index in [1.54, 1.807) is 0 Å². The Morgan fingerprint density at radius 2 is 0.500 bits per heavy atom. The van der Waals surface area contributed by atoms with Gasteiger partial charge in [-0.1, -0.05) is 176 Å². The van der Waals surface area contributed by atoms with Gasteiger partial charge in [-0.2, -0.15) is 0 Å². The van der Waals surface area contributed by atoms with E-state index in [1.165, 1.54) is 16.4 Å². The average molecular weight is 1100 g/mol. The van der Waals surface area contributed by atoms with Crippen LogP contribution in [0.2, 0.25) is 0 Å². The van der Waals surface area contributed by atoms with E-state index >= 15 is 0 Å². The van der Waals surface area contributed by atoms with Gasteiger partial charge in [0.15, 0.2) is 0 Å². The van der Waals surface area contributed by atoms with E-state index in [9.17, 15) is 0 Å². The molecule has 0 unspecified atom stereocenters. The van der Waals surface area contributed by atoms with E-state index < -0.39 is 0 Å². The molecule has 404 valence electrons. The summed E-state index contributed by atoms with van der Waals surface area (Å²) in [6.45, 7) is -0.174. The molecule has 8 heteroatoms. The summed E-state index contributed by atoms with van der Waals surface area (Å²) in [4.78, 5) is 17.4. The molecule has 0 aromatic heterocycles. The maximum atomic E-state index is 2.57. The zero-order valence-electron chi connectivity index (χ0n) is 46.9. The Kier molecular flexibility index (Phi) is 11.5. The fourth-order valence-corrected chi connectivity index (χ4v) is 13.8. The molecular formula is C78H54BN7. The first-order chi connectivity index (χ1) is 42.7. The van der Waals surface area contributed by atoms with Crippen LogP contribution >= 0.6 is 0 Å². The fraction of sp³-hybridized carbons (Fsp3) is 0. The molecule has 0 saturated heterocycles. The molecule has 17 rings (SSSR count). The van der Waals surface area contributed by atoms with Crippen molar-refractivity contribution in [3.8, 4) is 0 Å². The maximum Gasteiger partial charge on any atom is 0.252 e. The van der Waals surface area contributed by atoms with Crippen LogP contribution in [0.4, 0.5) is 119 Å². The van der Waals surface area contributed by atoms with E-state index in [0.29, 0.717) is 0 Å². The van der Waals surface area contributed by atoms with Gasteiger partial charge in [0.05, 0.1) is 51.2 Å². The Bertz CT molecular complexity index is 4300. The highest BCUT2D eigenvalue weighted by molar-refractivity contribution is 7.00. The number of benzene rings is 13. The second-order valence-corrected chi connectivity index (χ2v) is 22.1. The van der Waals surface area contributed by atoms with Crippen LogP contribution in [0.25, 0.3) is 0 Å². The van der Waals surface area contributed by atoms with Crippen molar-refractivity contribution in [2.24, 2.45) is 0 Å². The number of rotatable bonds is 10. The van der Waals surface area contributed by atoms with Crippen molar-refractivity contribution in [1.29, 1.82) is 0 Å². The lowest BCUT2D eigenvalue weighted by atomic mass is 9.33. The minimum atomic E-state index is -0.174. The van der Waals surface area contributed by atoms with Gasteiger partial charge in [-0.3, -0.25) is 0 Å². The number of fused-ring (bicyclic) bond motifs is 8. The number of hydrogen-bond acceptors (Lipinski definition) is 7. The Balaban J connectivity index is 0.995. The van der Waals surface area contributed by atoms with Crippen LogP contribution in [-0.2, 0) is 0 Å². The van der Waals surface area contributed by atoms with Crippen molar-refractivity contribution in [3.05, 3.63) is 328 Å². The lowest BCUT2D eigenvalue weighted by Gasteiger charge is -2.49. The SMILES string of the molecule is c1ccc(N(c2ccccc2)c2cc3c4c(c2)N(c2ccccc2)c2cc5c(cc2B4c2ccccc2N3c2ccccc2)N2c3ccccc3N(c3ccccc3)c3cc(N(c4ccccc4)c4ccccc4)cc(c32)N5c2ccccc2)cc1. The monoisotopic (exact) mass is 1100 g/mol. The Hall–Kier alpha value is -11.5. The summed E-state index contributed by atoms with van der Waals surface area (Å²) < 4.78 is 0. The molecule has 0 amide bonds. The van der Waals surface area contributed by atoms with Crippen LogP contribution < -0.4 is 50.7 Å². The van der Waals surface area contributed by atoms with Gasteiger partial charge in [-0.15, -0.1) is 0 Å². The average Bonchev–Trinajstić information content (AvgIpc) is 0.707.